The molecule has 0 N–H and O–H groups in total. The molecule has 0 fully saturated rings. The van der Waals surface area contributed by atoms with Crippen LogP contribution in [0.2, 0.25) is 0 Å². The Morgan fingerprint density at radius 1 is 1.43 bits per heavy atom. The topological polar surface area (TPSA) is 43.4 Å². The zero-order chi connectivity index (χ0) is 10.6. The molecule has 5 heteroatoms. The third-order valence-electron chi connectivity index (χ3n) is 1.53. The van der Waals surface area contributed by atoms with Crippen LogP contribution in [0.1, 0.15) is 13.3 Å². The van der Waals surface area contributed by atoms with Crippen LogP contribution in [0.25, 0.3) is 0 Å². The van der Waals surface area contributed by atoms with Crippen molar-refractivity contribution in [1.29, 1.82) is 0 Å². The predicted octanol–water partition coefficient (Wildman–Crippen LogP) is 2.41. The molecule has 14 heavy (non-hydrogen) atoms. The first kappa shape index (κ1) is 11.9. The van der Waals surface area contributed by atoms with Crippen LogP contribution < -0.4 is 0 Å². The van der Waals surface area contributed by atoms with Gasteiger partial charge in [-0.1, -0.05) is 13.0 Å². The molecular weight excluding hydrogens is 315 g/mol. The van der Waals surface area contributed by atoms with E-state index < -0.39 is 10.1 Å². The molecule has 0 aromatic heterocycles. The van der Waals surface area contributed by atoms with E-state index in [4.69, 9.17) is 4.18 Å². The zero-order valence-corrected chi connectivity index (χ0v) is 10.7. The number of rotatable bonds is 4. The van der Waals surface area contributed by atoms with Gasteiger partial charge in [0.1, 0.15) is 0 Å². The first-order chi connectivity index (χ1) is 6.56. The summed E-state index contributed by atoms with van der Waals surface area (Å²) < 4.78 is 28.7. The van der Waals surface area contributed by atoms with E-state index in [1.54, 1.807) is 12.1 Å². The standard InChI is InChI=1S/C9H11IO3S/c1-2-6-13-14(11,12)9-5-3-4-8(10)7-9/h3-5,7H,2,6H2,1H3. The minimum Gasteiger partial charge on any atom is -0.266 e. The molecule has 0 unspecified atom stereocenters. The largest absolute Gasteiger partial charge is 0.297 e. The van der Waals surface area contributed by atoms with Gasteiger partial charge >= 0.3 is 0 Å². The van der Waals surface area contributed by atoms with Gasteiger partial charge in [-0.25, -0.2) is 0 Å². The second kappa shape index (κ2) is 5.09. The average Bonchev–Trinajstić information content (AvgIpc) is 2.15. The molecule has 0 heterocycles. The molecule has 1 rings (SSSR count). The fourth-order valence-corrected chi connectivity index (χ4v) is 2.68. The molecule has 1 aromatic carbocycles. The number of benzene rings is 1. The second-order valence-corrected chi connectivity index (χ2v) is 5.59. The minimum absolute atomic E-state index is 0.220. The summed E-state index contributed by atoms with van der Waals surface area (Å²) in [6.07, 6.45) is 0.684. The average molecular weight is 326 g/mol. The highest BCUT2D eigenvalue weighted by Crippen LogP contribution is 2.15. The Morgan fingerprint density at radius 3 is 2.71 bits per heavy atom. The number of hydrogen-bond donors (Lipinski definition) is 0. The van der Waals surface area contributed by atoms with Gasteiger partial charge in [0.05, 0.1) is 11.5 Å². The monoisotopic (exact) mass is 326 g/mol. The molecule has 78 valence electrons. The summed E-state index contributed by atoms with van der Waals surface area (Å²) in [5, 5.41) is 0. The van der Waals surface area contributed by atoms with Gasteiger partial charge < -0.3 is 0 Å². The highest BCUT2D eigenvalue weighted by molar-refractivity contribution is 14.1. The Hall–Kier alpha value is -0.140. The molecule has 0 radical (unpaired) electrons. The molecule has 0 bridgehead atoms. The molecule has 0 spiro atoms. The maximum absolute atomic E-state index is 11.5. The lowest BCUT2D eigenvalue weighted by atomic mass is 10.4. The number of hydrogen-bond acceptors (Lipinski definition) is 3. The third-order valence-corrected chi connectivity index (χ3v) is 3.51. The summed E-state index contributed by atoms with van der Waals surface area (Å²) in [4.78, 5) is 0.220. The van der Waals surface area contributed by atoms with Crippen molar-refractivity contribution in [3.8, 4) is 0 Å². The SMILES string of the molecule is CCCOS(=O)(=O)c1cccc(I)c1. The van der Waals surface area contributed by atoms with Gasteiger partial charge in [0.2, 0.25) is 0 Å². The van der Waals surface area contributed by atoms with E-state index in [1.165, 1.54) is 6.07 Å². The Kier molecular flexibility index (Phi) is 4.33. The fourth-order valence-electron chi connectivity index (χ4n) is 0.884. The molecule has 0 aliphatic carbocycles. The van der Waals surface area contributed by atoms with E-state index in [9.17, 15) is 8.42 Å². The zero-order valence-electron chi connectivity index (χ0n) is 7.73. The summed E-state index contributed by atoms with van der Waals surface area (Å²) in [7, 11) is -3.55. The first-order valence-corrected chi connectivity index (χ1v) is 6.70. The Bertz CT molecular complexity index is 400. The Balaban J connectivity index is 2.93. The van der Waals surface area contributed by atoms with Crippen molar-refractivity contribution in [2.75, 3.05) is 6.61 Å². The van der Waals surface area contributed by atoms with Gasteiger partial charge in [-0.15, -0.1) is 0 Å². The molecule has 3 nitrogen and oxygen atoms in total. The fraction of sp³-hybridized carbons (Fsp3) is 0.333. The normalized spacial score (nSPS) is 11.6. The molecule has 0 aliphatic heterocycles. The van der Waals surface area contributed by atoms with E-state index in [0.717, 1.165) is 3.57 Å². The lowest BCUT2D eigenvalue weighted by molar-refractivity contribution is 0.318. The van der Waals surface area contributed by atoms with Crippen LogP contribution in [-0.2, 0) is 14.3 Å². The van der Waals surface area contributed by atoms with Gasteiger partial charge in [0.15, 0.2) is 0 Å². The van der Waals surface area contributed by atoms with Crippen molar-refractivity contribution in [3.63, 3.8) is 0 Å². The van der Waals surface area contributed by atoms with Crippen LogP contribution in [-0.4, -0.2) is 15.0 Å². The second-order valence-electron chi connectivity index (χ2n) is 2.73. The van der Waals surface area contributed by atoms with E-state index >= 15 is 0 Å². The van der Waals surface area contributed by atoms with Crippen LogP contribution in [0, 0.1) is 3.57 Å². The van der Waals surface area contributed by atoms with Crippen molar-refractivity contribution in [2.45, 2.75) is 18.2 Å². The lowest BCUT2D eigenvalue weighted by Crippen LogP contribution is -2.07. The van der Waals surface area contributed by atoms with Crippen molar-refractivity contribution in [2.24, 2.45) is 0 Å². The van der Waals surface area contributed by atoms with Crippen LogP contribution in [0.15, 0.2) is 29.2 Å². The van der Waals surface area contributed by atoms with E-state index in [1.807, 2.05) is 13.0 Å². The van der Waals surface area contributed by atoms with Crippen LogP contribution >= 0.6 is 22.6 Å². The summed E-state index contributed by atoms with van der Waals surface area (Å²) in [5.74, 6) is 0. The Morgan fingerprint density at radius 2 is 2.14 bits per heavy atom. The van der Waals surface area contributed by atoms with Crippen molar-refractivity contribution < 1.29 is 12.6 Å². The van der Waals surface area contributed by atoms with Gasteiger partial charge in [-0.05, 0) is 47.2 Å². The minimum atomic E-state index is -3.55. The van der Waals surface area contributed by atoms with Crippen LogP contribution in [0.3, 0.4) is 0 Å². The molecule has 0 amide bonds. The Labute approximate surface area is 97.7 Å². The summed E-state index contributed by atoms with van der Waals surface area (Å²) >= 11 is 2.06. The van der Waals surface area contributed by atoms with Crippen LogP contribution in [0.4, 0.5) is 0 Å². The van der Waals surface area contributed by atoms with E-state index in [-0.39, 0.29) is 11.5 Å². The summed E-state index contributed by atoms with van der Waals surface area (Å²) in [6.45, 7) is 2.10. The summed E-state index contributed by atoms with van der Waals surface area (Å²) in [5.41, 5.74) is 0. The highest BCUT2D eigenvalue weighted by Gasteiger charge is 2.14. The quantitative estimate of drug-likeness (QED) is 0.630. The van der Waals surface area contributed by atoms with Gasteiger partial charge in [0, 0.05) is 3.57 Å². The molecule has 0 saturated carbocycles. The van der Waals surface area contributed by atoms with E-state index in [2.05, 4.69) is 22.6 Å². The molecule has 1 aromatic rings. The van der Waals surface area contributed by atoms with Gasteiger partial charge in [-0.3, -0.25) is 4.18 Å². The molecule has 0 atom stereocenters. The summed E-state index contributed by atoms with van der Waals surface area (Å²) in [6, 6.07) is 6.65. The van der Waals surface area contributed by atoms with Crippen molar-refractivity contribution >= 4 is 32.7 Å². The van der Waals surface area contributed by atoms with Gasteiger partial charge in [-0.2, -0.15) is 8.42 Å². The van der Waals surface area contributed by atoms with Gasteiger partial charge in [0.25, 0.3) is 10.1 Å². The highest BCUT2D eigenvalue weighted by atomic mass is 127. The maximum Gasteiger partial charge on any atom is 0.297 e. The molecular formula is C9H11IO3S. The van der Waals surface area contributed by atoms with Crippen LogP contribution in [0.5, 0.6) is 0 Å². The molecule has 0 saturated heterocycles. The predicted molar refractivity (Wildman–Crippen MR) is 62.6 cm³/mol. The number of halogens is 1. The lowest BCUT2D eigenvalue weighted by Gasteiger charge is -2.04. The van der Waals surface area contributed by atoms with Crippen molar-refractivity contribution in [1.82, 2.24) is 0 Å². The third kappa shape index (κ3) is 3.21. The smallest absolute Gasteiger partial charge is 0.266 e. The molecule has 0 aliphatic rings. The van der Waals surface area contributed by atoms with Crippen molar-refractivity contribution in [3.05, 3.63) is 27.8 Å². The van der Waals surface area contributed by atoms with E-state index in [0.29, 0.717) is 6.42 Å². The first-order valence-electron chi connectivity index (χ1n) is 4.21. The maximum atomic E-state index is 11.5.